The van der Waals surface area contributed by atoms with E-state index in [1.807, 2.05) is 61.5 Å². The molecular formula is C25H19BrClIN2O3S. The Morgan fingerprint density at radius 3 is 2.71 bits per heavy atom. The fraction of sp³-hybridized carbons (Fsp3) is 0.120. The predicted molar refractivity (Wildman–Crippen MR) is 151 cm³/mol. The van der Waals surface area contributed by atoms with Crippen molar-refractivity contribution in [3.8, 4) is 11.5 Å². The van der Waals surface area contributed by atoms with Crippen molar-refractivity contribution >= 4 is 84.7 Å². The number of benzene rings is 3. The molecule has 174 valence electrons. The smallest absolute Gasteiger partial charge is 0.264 e. The molecule has 1 saturated heterocycles. The first kappa shape index (κ1) is 25.1. The van der Waals surface area contributed by atoms with Crippen molar-refractivity contribution in [3.05, 3.63) is 89.3 Å². The third-order valence-corrected chi connectivity index (χ3v) is 7.59. The highest BCUT2D eigenvalue weighted by molar-refractivity contribution is 14.1. The summed E-state index contributed by atoms with van der Waals surface area (Å²) in [7, 11) is 1.59. The van der Waals surface area contributed by atoms with Crippen molar-refractivity contribution in [1.82, 2.24) is 5.32 Å². The summed E-state index contributed by atoms with van der Waals surface area (Å²) in [4.78, 5) is 17.6. The number of amides is 1. The number of nitrogens with one attached hydrogen (secondary N) is 1. The van der Waals surface area contributed by atoms with Crippen LogP contribution in [-0.4, -0.2) is 18.2 Å². The predicted octanol–water partition coefficient (Wildman–Crippen LogP) is 7.49. The second kappa shape index (κ2) is 11.2. The van der Waals surface area contributed by atoms with Gasteiger partial charge in [0.15, 0.2) is 16.7 Å². The number of methoxy groups -OCH3 is 1. The maximum atomic E-state index is 12.5. The third kappa shape index (κ3) is 5.97. The SMILES string of the molecule is COc1cc(/C=C2/SC(=Nc3cccc(Cl)c3C)NC2=O)cc(Br)c1OCc1ccc(I)cc1. The van der Waals surface area contributed by atoms with E-state index in [9.17, 15) is 4.79 Å². The van der Waals surface area contributed by atoms with Gasteiger partial charge in [-0.2, -0.15) is 0 Å². The minimum absolute atomic E-state index is 0.211. The number of nitrogens with zero attached hydrogens (tertiary/aromatic N) is 1. The molecule has 3 aromatic rings. The standard InChI is InChI=1S/C25H19BrClIN2O3S/c1-14-19(27)4-3-5-20(14)29-25-30-24(31)22(34-25)12-16-10-18(26)23(21(11-16)32-2)33-13-15-6-8-17(28)9-7-15/h3-12H,13H2,1-2H3,(H,29,30,31)/b22-12+. The lowest BCUT2D eigenvalue weighted by Gasteiger charge is -2.14. The number of halogens is 3. The quantitative estimate of drug-likeness (QED) is 0.218. The Balaban J connectivity index is 1.54. The number of carbonyl (C=O) groups excluding carboxylic acids is 1. The van der Waals surface area contributed by atoms with Gasteiger partial charge in [0.1, 0.15) is 6.61 Å². The molecule has 0 aliphatic carbocycles. The van der Waals surface area contributed by atoms with Crippen molar-refractivity contribution in [3.63, 3.8) is 0 Å². The molecule has 1 aliphatic rings. The van der Waals surface area contributed by atoms with E-state index in [1.165, 1.54) is 15.3 Å². The Labute approximate surface area is 229 Å². The van der Waals surface area contributed by atoms with Crippen molar-refractivity contribution in [2.24, 2.45) is 4.99 Å². The minimum Gasteiger partial charge on any atom is -0.493 e. The highest BCUT2D eigenvalue weighted by Crippen LogP contribution is 2.39. The third-order valence-electron chi connectivity index (χ3n) is 4.96. The van der Waals surface area contributed by atoms with Crippen LogP contribution >= 0.6 is 61.9 Å². The van der Waals surface area contributed by atoms with Crippen LogP contribution in [0, 0.1) is 10.5 Å². The van der Waals surface area contributed by atoms with E-state index in [4.69, 9.17) is 21.1 Å². The fourth-order valence-electron chi connectivity index (χ4n) is 3.16. The van der Waals surface area contributed by atoms with Gasteiger partial charge in [-0.25, -0.2) is 4.99 Å². The molecule has 0 aromatic heterocycles. The second-order valence-electron chi connectivity index (χ2n) is 7.31. The average molecular weight is 670 g/mol. The first-order chi connectivity index (χ1) is 16.3. The van der Waals surface area contributed by atoms with Crippen LogP contribution < -0.4 is 14.8 Å². The summed E-state index contributed by atoms with van der Waals surface area (Å²) >= 11 is 13.3. The van der Waals surface area contributed by atoms with Crippen molar-refractivity contribution < 1.29 is 14.3 Å². The molecule has 3 aromatic carbocycles. The van der Waals surface area contributed by atoms with E-state index < -0.39 is 0 Å². The Bertz CT molecular complexity index is 1310. The maximum Gasteiger partial charge on any atom is 0.264 e. The van der Waals surface area contributed by atoms with E-state index >= 15 is 0 Å². The summed E-state index contributed by atoms with van der Waals surface area (Å²) < 4.78 is 13.5. The van der Waals surface area contributed by atoms with E-state index in [1.54, 1.807) is 13.2 Å². The molecule has 0 saturated carbocycles. The number of carbonyl (C=O) groups is 1. The molecular weight excluding hydrogens is 651 g/mol. The van der Waals surface area contributed by atoms with Gasteiger partial charge in [0.25, 0.3) is 5.91 Å². The van der Waals surface area contributed by atoms with Gasteiger partial charge in [0.2, 0.25) is 0 Å². The highest BCUT2D eigenvalue weighted by atomic mass is 127. The summed E-state index contributed by atoms with van der Waals surface area (Å²) in [6, 6.07) is 17.4. The molecule has 34 heavy (non-hydrogen) atoms. The lowest BCUT2D eigenvalue weighted by Crippen LogP contribution is -2.19. The van der Waals surface area contributed by atoms with Crippen LogP contribution in [-0.2, 0) is 11.4 Å². The molecule has 0 bridgehead atoms. The molecule has 1 fully saturated rings. The lowest BCUT2D eigenvalue weighted by molar-refractivity contribution is -0.115. The Morgan fingerprint density at radius 2 is 1.97 bits per heavy atom. The van der Waals surface area contributed by atoms with Gasteiger partial charge in [-0.05, 0) is 116 Å². The zero-order valence-electron chi connectivity index (χ0n) is 18.2. The first-order valence-electron chi connectivity index (χ1n) is 10.1. The molecule has 0 atom stereocenters. The van der Waals surface area contributed by atoms with Crippen LogP contribution in [0.4, 0.5) is 5.69 Å². The van der Waals surface area contributed by atoms with Crippen LogP contribution in [0.15, 0.2) is 69.0 Å². The summed E-state index contributed by atoms with van der Waals surface area (Å²) in [5.41, 5.74) is 3.43. The van der Waals surface area contributed by atoms with Gasteiger partial charge in [-0.1, -0.05) is 29.8 Å². The molecule has 0 radical (unpaired) electrons. The van der Waals surface area contributed by atoms with Crippen molar-refractivity contribution in [2.45, 2.75) is 13.5 Å². The number of thioether (sulfide) groups is 1. The molecule has 0 unspecified atom stereocenters. The lowest BCUT2D eigenvalue weighted by atomic mass is 10.2. The summed E-state index contributed by atoms with van der Waals surface area (Å²) in [6.07, 6.45) is 1.80. The zero-order chi connectivity index (χ0) is 24.2. The van der Waals surface area contributed by atoms with Gasteiger partial charge in [-0.15, -0.1) is 0 Å². The highest BCUT2D eigenvalue weighted by Gasteiger charge is 2.24. The van der Waals surface area contributed by atoms with Crippen LogP contribution in [0.2, 0.25) is 5.02 Å². The topological polar surface area (TPSA) is 59.9 Å². The molecule has 0 spiro atoms. The Kier molecular flexibility index (Phi) is 8.23. The number of hydrogen-bond donors (Lipinski definition) is 1. The number of aliphatic imine (C=N–C) groups is 1. The molecule has 1 amide bonds. The number of amidine groups is 1. The van der Waals surface area contributed by atoms with Gasteiger partial charge >= 0.3 is 0 Å². The largest absolute Gasteiger partial charge is 0.493 e. The Hall–Kier alpha value is -2.01. The monoisotopic (exact) mass is 668 g/mol. The zero-order valence-corrected chi connectivity index (χ0v) is 23.5. The van der Waals surface area contributed by atoms with Gasteiger partial charge in [0, 0.05) is 8.59 Å². The van der Waals surface area contributed by atoms with E-state index in [0.717, 1.165) is 26.9 Å². The summed E-state index contributed by atoms with van der Waals surface area (Å²) in [5.74, 6) is 0.960. The number of ether oxygens (including phenoxy) is 2. The van der Waals surface area contributed by atoms with E-state index in [2.05, 4.69) is 48.8 Å². The van der Waals surface area contributed by atoms with Crippen LogP contribution in [0.5, 0.6) is 11.5 Å². The van der Waals surface area contributed by atoms with E-state index in [0.29, 0.717) is 33.2 Å². The average Bonchev–Trinajstić information content (AvgIpc) is 3.15. The molecule has 1 aliphatic heterocycles. The van der Waals surface area contributed by atoms with Gasteiger partial charge in [-0.3, -0.25) is 4.79 Å². The maximum absolute atomic E-state index is 12.5. The minimum atomic E-state index is -0.211. The summed E-state index contributed by atoms with van der Waals surface area (Å²) in [6.45, 7) is 2.30. The summed E-state index contributed by atoms with van der Waals surface area (Å²) in [5, 5.41) is 3.95. The number of hydrogen-bond acceptors (Lipinski definition) is 5. The normalized spacial score (nSPS) is 15.6. The number of rotatable bonds is 6. The molecule has 1 heterocycles. The van der Waals surface area contributed by atoms with Gasteiger partial charge in [0.05, 0.1) is 22.2 Å². The van der Waals surface area contributed by atoms with Gasteiger partial charge < -0.3 is 14.8 Å². The molecule has 5 nitrogen and oxygen atoms in total. The van der Waals surface area contributed by atoms with Crippen molar-refractivity contribution in [1.29, 1.82) is 0 Å². The fourth-order valence-corrected chi connectivity index (χ4v) is 5.10. The second-order valence-corrected chi connectivity index (χ2v) is 10.9. The van der Waals surface area contributed by atoms with Crippen molar-refractivity contribution in [2.75, 3.05) is 7.11 Å². The first-order valence-corrected chi connectivity index (χ1v) is 13.2. The van der Waals surface area contributed by atoms with Crippen LogP contribution in [0.3, 0.4) is 0 Å². The molecule has 4 rings (SSSR count). The molecule has 1 N–H and O–H groups in total. The van der Waals surface area contributed by atoms with E-state index in [-0.39, 0.29) is 5.91 Å². The van der Waals surface area contributed by atoms with Crippen LogP contribution in [0.1, 0.15) is 16.7 Å². The Morgan fingerprint density at radius 1 is 1.21 bits per heavy atom. The molecule has 9 heteroatoms. The van der Waals surface area contributed by atoms with Crippen LogP contribution in [0.25, 0.3) is 6.08 Å².